The third kappa shape index (κ3) is 3.99. The normalized spacial score (nSPS) is 22.1. The maximum atomic E-state index is 13.0. The van der Waals surface area contributed by atoms with Gasteiger partial charge in [-0.25, -0.2) is 8.78 Å². The predicted molar refractivity (Wildman–Crippen MR) is 71.2 cm³/mol. The van der Waals surface area contributed by atoms with Crippen LogP contribution in [-0.4, -0.2) is 20.9 Å². The highest BCUT2D eigenvalue weighted by atomic mass is 32.2. The van der Waals surface area contributed by atoms with Crippen molar-refractivity contribution in [1.29, 1.82) is 0 Å². The molecule has 1 aromatic rings. The van der Waals surface area contributed by atoms with Crippen molar-refractivity contribution in [3.63, 3.8) is 0 Å². The Morgan fingerprint density at radius 2 is 1.95 bits per heavy atom. The van der Waals surface area contributed by atoms with E-state index in [1.807, 2.05) is 6.92 Å². The first kappa shape index (κ1) is 15.4. The molecule has 0 bridgehead atoms. The monoisotopic (exact) mass is 304 g/mol. The molecule has 1 unspecified atom stereocenters. The molecule has 0 N–H and O–H groups in total. The van der Waals surface area contributed by atoms with Gasteiger partial charge in [0.25, 0.3) is 10.1 Å². The Bertz CT molecular complexity index is 552. The molecule has 1 saturated carbocycles. The predicted octanol–water partition coefficient (Wildman–Crippen LogP) is 3.53. The molecule has 112 valence electrons. The Hall–Kier alpha value is -1.01. The average Bonchev–Trinajstić information content (AvgIpc) is 2.69. The molecule has 6 heteroatoms. The third-order valence-electron chi connectivity index (χ3n) is 3.58. The smallest absolute Gasteiger partial charge is 0.266 e. The second-order valence-corrected chi connectivity index (χ2v) is 6.96. The summed E-state index contributed by atoms with van der Waals surface area (Å²) >= 11 is 0. The minimum atomic E-state index is -3.78. The van der Waals surface area contributed by atoms with E-state index >= 15 is 0 Å². The van der Waals surface area contributed by atoms with E-state index in [0.29, 0.717) is 12.8 Å². The lowest BCUT2D eigenvalue weighted by Gasteiger charge is -2.11. The maximum absolute atomic E-state index is 13.0. The van der Waals surface area contributed by atoms with Crippen LogP contribution in [0, 0.1) is 12.8 Å². The van der Waals surface area contributed by atoms with Crippen LogP contribution in [0.5, 0.6) is 0 Å². The van der Waals surface area contributed by atoms with Crippen molar-refractivity contribution in [3.8, 4) is 0 Å². The van der Waals surface area contributed by atoms with Gasteiger partial charge in [0, 0.05) is 12.8 Å². The first-order valence-electron chi connectivity index (χ1n) is 6.62. The van der Waals surface area contributed by atoms with E-state index in [-0.39, 0.29) is 30.3 Å². The van der Waals surface area contributed by atoms with Crippen LogP contribution in [0.1, 0.15) is 31.2 Å². The first-order valence-corrected chi connectivity index (χ1v) is 8.03. The summed E-state index contributed by atoms with van der Waals surface area (Å²) in [5.74, 6) is -2.75. The van der Waals surface area contributed by atoms with Crippen LogP contribution < -0.4 is 0 Å². The van der Waals surface area contributed by atoms with Crippen LogP contribution in [0.2, 0.25) is 0 Å². The van der Waals surface area contributed by atoms with Gasteiger partial charge in [0.1, 0.15) is 0 Å². The SMILES string of the molecule is Cc1ccc(S(=O)(=O)OCCC2CCC(F)(F)C2)cc1. The topological polar surface area (TPSA) is 43.4 Å². The van der Waals surface area contributed by atoms with Crippen molar-refractivity contribution in [2.24, 2.45) is 5.92 Å². The summed E-state index contributed by atoms with van der Waals surface area (Å²) in [6.45, 7) is 1.81. The zero-order chi connectivity index (χ0) is 14.8. The Kier molecular flexibility index (Phi) is 4.44. The van der Waals surface area contributed by atoms with Gasteiger partial charge in [-0.1, -0.05) is 17.7 Å². The standard InChI is InChI=1S/C14H18F2O3S/c1-11-2-4-13(5-3-11)20(17,18)19-9-7-12-6-8-14(15,16)10-12/h2-5,12H,6-10H2,1H3. The molecule has 0 amide bonds. The highest BCUT2D eigenvalue weighted by Crippen LogP contribution is 2.40. The quantitative estimate of drug-likeness (QED) is 0.782. The van der Waals surface area contributed by atoms with Crippen molar-refractivity contribution in [1.82, 2.24) is 0 Å². The van der Waals surface area contributed by atoms with Crippen LogP contribution in [-0.2, 0) is 14.3 Å². The van der Waals surface area contributed by atoms with E-state index in [2.05, 4.69) is 0 Å². The van der Waals surface area contributed by atoms with Crippen LogP contribution in [0.4, 0.5) is 8.78 Å². The minimum Gasteiger partial charge on any atom is -0.266 e. The third-order valence-corrected chi connectivity index (χ3v) is 4.91. The van der Waals surface area contributed by atoms with Crippen LogP contribution in [0.3, 0.4) is 0 Å². The summed E-state index contributed by atoms with van der Waals surface area (Å²) in [4.78, 5) is 0.0971. The van der Waals surface area contributed by atoms with E-state index in [1.165, 1.54) is 12.1 Å². The molecule has 20 heavy (non-hydrogen) atoms. The van der Waals surface area contributed by atoms with Crippen LogP contribution >= 0.6 is 0 Å². The maximum Gasteiger partial charge on any atom is 0.296 e. The molecule has 1 aliphatic rings. The van der Waals surface area contributed by atoms with Crippen molar-refractivity contribution in [3.05, 3.63) is 29.8 Å². The Morgan fingerprint density at radius 1 is 1.30 bits per heavy atom. The number of alkyl halides is 2. The van der Waals surface area contributed by atoms with Gasteiger partial charge in [-0.3, -0.25) is 4.18 Å². The lowest BCUT2D eigenvalue weighted by molar-refractivity contribution is 0.00430. The minimum absolute atomic E-state index is 0.0447. The largest absolute Gasteiger partial charge is 0.296 e. The zero-order valence-corrected chi connectivity index (χ0v) is 12.1. The lowest BCUT2D eigenvalue weighted by Crippen LogP contribution is -2.12. The van der Waals surface area contributed by atoms with Gasteiger partial charge in [0.15, 0.2) is 0 Å². The summed E-state index contributed by atoms with van der Waals surface area (Å²) in [6, 6.07) is 6.34. The molecule has 1 aliphatic carbocycles. The fraction of sp³-hybridized carbons (Fsp3) is 0.571. The summed E-state index contributed by atoms with van der Waals surface area (Å²) in [5.41, 5.74) is 0.956. The first-order chi connectivity index (χ1) is 9.28. The van der Waals surface area contributed by atoms with Crippen LogP contribution in [0.25, 0.3) is 0 Å². The molecule has 3 nitrogen and oxygen atoms in total. The molecule has 1 fully saturated rings. The highest BCUT2D eigenvalue weighted by molar-refractivity contribution is 7.86. The Morgan fingerprint density at radius 3 is 2.50 bits per heavy atom. The molecule has 0 aliphatic heterocycles. The molecular formula is C14H18F2O3S. The van der Waals surface area contributed by atoms with Gasteiger partial charge in [0.05, 0.1) is 11.5 Å². The van der Waals surface area contributed by atoms with E-state index < -0.39 is 16.0 Å². The highest BCUT2D eigenvalue weighted by Gasteiger charge is 2.39. The average molecular weight is 304 g/mol. The van der Waals surface area contributed by atoms with E-state index in [4.69, 9.17) is 4.18 Å². The number of aryl methyl sites for hydroxylation is 1. The molecule has 0 aromatic heterocycles. The molecule has 0 radical (unpaired) electrons. The zero-order valence-electron chi connectivity index (χ0n) is 11.3. The molecule has 2 rings (SSSR count). The van der Waals surface area contributed by atoms with Gasteiger partial charge in [-0.05, 0) is 37.8 Å². The van der Waals surface area contributed by atoms with Gasteiger partial charge in [0.2, 0.25) is 5.92 Å². The fourth-order valence-corrected chi connectivity index (χ4v) is 3.31. The van der Waals surface area contributed by atoms with Crippen molar-refractivity contribution >= 4 is 10.1 Å². The molecule has 0 saturated heterocycles. The molecular weight excluding hydrogens is 286 g/mol. The van der Waals surface area contributed by atoms with Crippen molar-refractivity contribution in [2.75, 3.05) is 6.61 Å². The summed E-state index contributed by atoms with van der Waals surface area (Å²) < 4.78 is 54.7. The summed E-state index contributed by atoms with van der Waals surface area (Å²) in [6.07, 6.45) is 0.505. The number of benzene rings is 1. The molecule has 0 heterocycles. The second-order valence-electron chi connectivity index (χ2n) is 5.34. The van der Waals surface area contributed by atoms with Crippen molar-refractivity contribution < 1.29 is 21.4 Å². The fourth-order valence-electron chi connectivity index (χ4n) is 2.39. The van der Waals surface area contributed by atoms with E-state index in [1.54, 1.807) is 12.1 Å². The van der Waals surface area contributed by atoms with Gasteiger partial charge < -0.3 is 0 Å². The van der Waals surface area contributed by atoms with E-state index in [0.717, 1.165) is 5.56 Å². The second kappa shape index (κ2) is 5.77. The number of rotatable bonds is 5. The molecule has 1 aromatic carbocycles. The van der Waals surface area contributed by atoms with Gasteiger partial charge >= 0.3 is 0 Å². The summed E-state index contributed by atoms with van der Waals surface area (Å²) in [5, 5.41) is 0. The lowest BCUT2D eigenvalue weighted by atomic mass is 10.1. The Labute approximate surface area is 118 Å². The number of halogens is 2. The number of hydrogen-bond acceptors (Lipinski definition) is 3. The molecule has 0 spiro atoms. The molecule has 1 atom stereocenters. The Balaban J connectivity index is 1.86. The number of hydrogen-bond donors (Lipinski definition) is 0. The van der Waals surface area contributed by atoms with Crippen LogP contribution in [0.15, 0.2) is 29.2 Å². The summed E-state index contributed by atoms with van der Waals surface area (Å²) in [7, 11) is -3.78. The van der Waals surface area contributed by atoms with Gasteiger partial charge in [-0.2, -0.15) is 8.42 Å². The van der Waals surface area contributed by atoms with E-state index in [9.17, 15) is 17.2 Å². The van der Waals surface area contributed by atoms with Gasteiger partial charge in [-0.15, -0.1) is 0 Å². The van der Waals surface area contributed by atoms with Crippen molar-refractivity contribution in [2.45, 2.75) is 43.4 Å².